The lowest BCUT2D eigenvalue weighted by molar-refractivity contribution is 0.414. The minimum absolute atomic E-state index is 0.327. The number of anilines is 1. The molecular formula is C18H22N6O2S. The lowest BCUT2D eigenvalue weighted by Gasteiger charge is -2.06. The van der Waals surface area contributed by atoms with Gasteiger partial charge in [0.05, 0.1) is 19.1 Å². The minimum atomic E-state index is -0.327. The topological polar surface area (TPSA) is 109 Å². The Bertz CT molecular complexity index is 922. The third-order valence-corrected chi connectivity index (χ3v) is 4.97. The third-order valence-electron chi connectivity index (χ3n) is 4.00. The number of imidazole rings is 1. The van der Waals surface area contributed by atoms with Gasteiger partial charge in [-0.25, -0.2) is 10.1 Å². The van der Waals surface area contributed by atoms with Gasteiger partial charge in [0.25, 0.3) is 5.56 Å². The SMILES string of the molecule is COc1ccc(Cc2n[nH]c(NCCSCc3nc[nH]c3C)nc2=O)cc1. The van der Waals surface area contributed by atoms with Crippen LogP contribution in [0, 0.1) is 6.92 Å². The smallest absolute Gasteiger partial charge is 0.296 e. The van der Waals surface area contributed by atoms with Gasteiger partial charge in [0.15, 0.2) is 0 Å². The molecule has 0 bridgehead atoms. The van der Waals surface area contributed by atoms with E-state index in [0.29, 0.717) is 24.6 Å². The molecule has 0 aliphatic carbocycles. The Hall–Kier alpha value is -2.81. The Balaban J connectivity index is 1.47. The number of aromatic nitrogens is 5. The fourth-order valence-electron chi connectivity index (χ4n) is 2.43. The summed E-state index contributed by atoms with van der Waals surface area (Å²) in [5, 5.41) is 10.1. The maximum atomic E-state index is 12.2. The highest BCUT2D eigenvalue weighted by atomic mass is 32.2. The van der Waals surface area contributed by atoms with Crippen LogP contribution in [0.1, 0.15) is 22.6 Å². The molecule has 0 spiro atoms. The van der Waals surface area contributed by atoms with Gasteiger partial charge in [-0.2, -0.15) is 21.8 Å². The van der Waals surface area contributed by atoms with E-state index in [2.05, 4.69) is 30.5 Å². The maximum Gasteiger partial charge on any atom is 0.296 e. The van der Waals surface area contributed by atoms with Crippen molar-refractivity contribution in [2.75, 3.05) is 24.7 Å². The van der Waals surface area contributed by atoms with Gasteiger partial charge in [0, 0.05) is 30.2 Å². The van der Waals surface area contributed by atoms with Crippen molar-refractivity contribution in [2.24, 2.45) is 0 Å². The van der Waals surface area contributed by atoms with E-state index in [1.165, 1.54) is 0 Å². The van der Waals surface area contributed by atoms with Gasteiger partial charge >= 0.3 is 0 Å². The number of hydrogen-bond donors (Lipinski definition) is 3. The predicted octanol–water partition coefficient (Wildman–Crippen LogP) is 2.14. The number of ether oxygens (including phenoxy) is 1. The van der Waals surface area contributed by atoms with Crippen LogP contribution in [0.25, 0.3) is 0 Å². The average molecular weight is 386 g/mol. The summed E-state index contributed by atoms with van der Waals surface area (Å²) < 4.78 is 5.13. The van der Waals surface area contributed by atoms with E-state index in [9.17, 15) is 4.79 Å². The molecule has 0 fully saturated rings. The maximum absolute atomic E-state index is 12.2. The number of nitrogens with one attached hydrogen (secondary N) is 3. The van der Waals surface area contributed by atoms with Gasteiger partial charge in [-0.15, -0.1) is 0 Å². The zero-order chi connectivity index (χ0) is 19.1. The van der Waals surface area contributed by atoms with Crippen molar-refractivity contribution < 1.29 is 4.74 Å². The number of aromatic amines is 2. The van der Waals surface area contributed by atoms with Crippen molar-refractivity contribution in [3.63, 3.8) is 0 Å². The van der Waals surface area contributed by atoms with Crippen LogP contribution in [0.15, 0.2) is 35.4 Å². The first-order valence-electron chi connectivity index (χ1n) is 8.54. The summed E-state index contributed by atoms with van der Waals surface area (Å²) in [7, 11) is 1.62. The van der Waals surface area contributed by atoms with E-state index in [-0.39, 0.29) is 5.56 Å². The molecule has 1 aromatic carbocycles. The van der Waals surface area contributed by atoms with E-state index < -0.39 is 0 Å². The fourth-order valence-corrected chi connectivity index (χ4v) is 3.31. The lowest BCUT2D eigenvalue weighted by atomic mass is 10.1. The first-order chi connectivity index (χ1) is 13.2. The van der Waals surface area contributed by atoms with Crippen LogP contribution in [-0.4, -0.2) is 44.6 Å². The van der Waals surface area contributed by atoms with E-state index >= 15 is 0 Å². The molecule has 8 nitrogen and oxygen atoms in total. The zero-order valence-corrected chi connectivity index (χ0v) is 16.1. The molecule has 0 unspecified atom stereocenters. The van der Waals surface area contributed by atoms with Crippen LogP contribution in [0.5, 0.6) is 5.75 Å². The van der Waals surface area contributed by atoms with Gasteiger partial charge < -0.3 is 15.0 Å². The molecule has 0 saturated carbocycles. The molecule has 0 aliphatic rings. The molecule has 0 radical (unpaired) electrons. The Morgan fingerprint density at radius 3 is 2.70 bits per heavy atom. The standard InChI is InChI=1S/C18H22N6O2S/c1-12-16(21-11-20-12)10-27-8-7-19-18-22-17(25)15(23-24-18)9-13-3-5-14(26-2)6-4-13/h3-6,11H,7-10H2,1-2H3,(H,20,21)(H2,19,22,24,25). The highest BCUT2D eigenvalue weighted by molar-refractivity contribution is 7.98. The summed E-state index contributed by atoms with van der Waals surface area (Å²) in [6.07, 6.45) is 2.13. The molecule has 0 atom stereocenters. The molecule has 2 aromatic heterocycles. The summed E-state index contributed by atoms with van der Waals surface area (Å²) >= 11 is 1.76. The largest absolute Gasteiger partial charge is 0.497 e. The van der Waals surface area contributed by atoms with Gasteiger partial charge in [-0.05, 0) is 24.6 Å². The number of nitrogens with zero attached hydrogens (tertiary/aromatic N) is 3. The Morgan fingerprint density at radius 2 is 2.04 bits per heavy atom. The van der Waals surface area contributed by atoms with E-state index in [1.54, 1.807) is 25.2 Å². The summed E-state index contributed by atoms with van der Waals surface area (Å²) in [5.74, 6) is 2.87. The molecular weight excluding hydrogens is 364 g/mol. The molecule has 27 heavy (non-hydrogen) atoms. The molecule has 0 saturated heterocycles. The number of thioether (sulfide) groups is 1. The van der Waals surface area contributed by atoms with Gasteiger partial charge in [0.1, 0.15) is 11.4 Å². The number of rotatable bonds is 9. The van der Waals surface area contributed by atoms with Crippen molar-refractivity contribution in [3.05, 3.63) is 63.6 Å². The molecule has 3 rings (SSSR count). The third kappa shape index (κ3) is 5.33. The second-order valence-corrected chi connectivity index (χ2v) is 7.02. The second-order valence-electron chi connectivity index (χ2n) is 5.91. The van der Waals surface area contributed by atoms with Gasteiger partial charge in [-0.3, -0.25) is 4.79 Å². The second kappa shape index (κ2) is 9.22. The minimum Gasteiger partial charge on any atom is -0.497 e. The monoisotopic (exact) mass is 386 g/mol. The Labute approximate surface area is 161 Å². The number of benzene rings is 1. The molecule has 142 valence electrons. The molecule has 0 aliphatic heterocycles. The number of methoxy groups -OCH3 is 1. The van der Waals surface area contributed by atoms with Crippen LogP contribution in [0.2, 0.25) is 0 Å². The Kier molecular flexibility index (Phi) is 6.48. The van der Waals surface area contributed by atoms with Crippen molar-refractivity contribution in [2.45, 2.75) is 19.1 Å². The van der Waals surface area contributed by atoms with Crippen LogP contribution in [0.3, 0.4) is 0 Å². The van der Waals surface area contributed by atoms with Crippen LogP contribution >= 0.6 is 11.8 Å². The van der Waals surface area contributed by atoms with E-state index in [4.69, 9.17) is 4.74 Å². The van der Waals surface area contributed by atoms with Crippen molar-refractivity contribution in [3.8, 4) is 5.75 Å². The quantitative estimate of drug-likeness (QED) is 0.484. The molecule has 2 heterocycles. The van der Waals surface area contributed by atoms with Crippen LogP contribution < -0.4 is 15.6 Å². The summed E-state index contributed by atoms with van der Waals surface area (Å²) in [6, 6.07) is 7.53. The van der Waals surface area contributed by atoms with Gasteiger partial charge in [-0.1, -0.05) is 12.1 Å². The fraction of sp³-hybridized carbons (Fsp3) is 0.333. The van der Waals surface area contributed by atoms with E-state index in [1.807, 2.05) is 31.2 Å². The summed E-state index contributed by atoms with van der Waals surface area (Å²) in [4.78, 5) is 23.5. The van der Waals surface area contributed by atoms with Crippen molar-refractivity contribution in [1.82, 2.24) is 25.1 Å². The molecule has 3 aromatic rings. The van der Waals surface area contributed by atoms with E-state index in [0.717, 1.165) is 34.2 Å². The molecule has 3 N–H and O–H groups in total. The highest BCUT2D eigenvalue weighted by Crippen LogP contribution is 2.13. The first-order valence-corrected chi connectivity index (χ1v) is 9.70. The average Bonchev–Trinajstić information content (AvgIpc) is 3.09. The van der Waals surface area contributed by atoms with Crippen molar-refractivity contribution >= 4 is 17.7 Å². The lowest BCUT2D eigenvalue weighted by Crippen LogP contribution is -2.20. The number of aryl methyl sites for hydroxylation is 1. The predicted molar refractivity (Wildman–Crippen MR) is 106 cm³/mol. The normalized spacial score (nSPS) is 10.7. The van der Waals surface area contributed by atoms with Crippen LogP contribution in [0.4, 0.5) is 5.95 Å². The number of H-pyrrole nitrogens is 2. The first kappa shape index (κ1) is 19.0. The zero-order valence-electron chi connectivity index (χ0n) is 15.3. The highest BCUT2D eigenvalue weighted by Gasteiger charge is 2.07. The Morgan fingerprint density at radius 1 is 1.22 bits per heavy atom. The van der Waals surface area contributed by atoms with Crippen LogP contribution in [-0.2, 0) is 12.2 Å². The van der Waals surface area contributed by atoms with Gasteiger partial charge in [0.2, 0.25) is 5.95 Å². The summed E-state index contributed by atoms with van der Waals surface area (Å²) in [6.45, 7) is 2.69. The summed E-state index contributed by atoms with van der Waals surface area (Å²) in [5.41, 5.74) is 3.19. The molecule has 9 heteroatoms. The molecule has 0 amide bonds. The number of hydrogen-bond acceptors (Lipinski definition) is 7. The van der Waals surface area contributed by atoms with Crippen molar-refractivity contribution in [1.29, 1.82) is 0 Å².